The van der Waals surface area contributed by atoms with Crippen LogP contribution in [0.5, 0.6) is 0 Å². The van der Waals surface area contributed by atoms with Gasteiger partial charge in [-0.25, -0.2) is 9.07 Å². The van der Waals surface area contributed by atoms with E-state index in [1.165, 1.54) is 12.1 Å². The van der Waals surface area contributed by atoms with E-state index in [1.54, 1.807) is 48.1 Å². The summed E-state index contributed by atoms with van der Waals surface area (Å²) in [5.41, 5.74) is 1.47. The molecule has 1 aromatic heterocycles. The molecule has 3 nitrogen and oxygen atoms in total. The summed E-state index contributed by atoms with van der Waals surface area (Å²) in [6.07, 6.45) is 1.71. The van der Waals surface area contributed by atoms with E-state index in [-0.39, 0.29) is 5.82 Å². The van der Waals surface area contributed by atoms with Gasteiger partial charge in [-0.2, -0.15) is 5.10 Å². The van der Waals surface area contributed by atoms with E-state index >= 15 is 0 Å². The monoisotopic (exact) mass is 400 g/mol. The number of aromatic nitrogens is 2. The van der Waals surface area contributed by atoms with Crippen LogP contribution in [0, 0.1) is 5.82 Å². The molecular weight excluding hydrogens is 386 g/mol. The Morgan fingerprint density at radius 3 is 2.52 bits per heavy atom. The van der Waals surface area contributed by atoms with Crippen LogP contribution in [0.3, 0.4) is 0 Å². The fourth-order valence-electron chi connectivity index (χ4n) is 3.16. The number of aliphatic hydroxyl groups is 1. The molecule has 1 heterocycles. The Morgan fingerprint density at radius 2 is 1.78 bits per heavy atom. The zero-order chi connectivity index (χ0) is 19.2. The molecule has 4 aromatic rings. The van der Waals surface area contributed by atoms with Crippen LogP contribution in [-0.2, 0) is 5.60 Å². The van der Waals surface area contributed by atoms with Crippen molar-refractivity contribution < 1.29 is 9.50 Å². The van der Waals surface area contributed by atoms with Crippen LogP contribution in [0.4, 0.5) is 4.39 Å². The first kappa shape index (κ1) is 18.0. The molecule has 136 valence electrons. The molecule has 0 bridgehead atoms. The summed E-state index contributed by atoms with van der Waals surface area (Å²) >= 11 is 12.4. The molecule has 0 aliphatic heterocycles. The number of fused-ring (bicyclic) bond motifs is 1. The van der Waals surface area contributed by atoms with Gasteiger partial charge < -0.3 is 5.11 Å². The molecule has 1 atom stereocenters. The summed E-state index contributed by atoms with van der Waals surface area (Å²) in [6, 6.07) is 16.8. The maximum absolute atomic E-state index is 13.2. The molecule has 0 saturated carbocycles. The van der Waals surface area contributed by atoms with E-state index in [2.05, 4.69) is 5.10 Å². The minimum atomic E-state index is -1.33. The van der Waals surface area contributed by atoms with Crippen LogP contribution in [0.1, 0.15) is 18.1 Å². The summed E-state index contributed by atoms with van der Waals surface area (Å²) in [6.45, 7) is 1.68. The first-order valence-corrected chi connectivity index (χ1v) is 9.04. The van der Waals surface area contributed by atoms with E-state index < -0.39 is 5.60 Å². The smallest absolute Gasteiger partial charge is 0.123 e. The average molecular weight is 401 g/mol. The van der Waals surface area contributed by atoms with Gasteiger partial charge >= 0.3 is 0 Å². The molecule has 0 aliphatic rings. The van der Waals surface area contributed by atoms with Gasteiger partial charge in [-0.15, -0.1) is 0 Å². The Labute approximate surface area is 165 Å². The van der Waals surface area contributed by atoms with Crippen molar-refractivity contribution in [2.75, 3.05) is 0 Å². The second kappa shape index (κ2) is 6.64. The van der Waals surface area contributed by atoms with Gasteiger partial charge in [-0.05, 0) is 55.0 Å². The lowest BCUT2D eigenvalue weighted by atomic mass is 9.87. The summed E-state index contributed by atoms with van der Waals surface area (Å²) in [5.74, 6) is -0.299. The topological polar surface area (TPSA) is 38.1 Å². The van der Waals surface area contributed by atoms with E-state index in [0.717, 1.165) is 16.6 Å². The predicted molar refractivity (Wildman–Crippen MR) is 106 cm³/mol. The van der Waals surface area contributed by atoms with Gasteiger partial charge in [0, 0.05) is 10.9 Å². The van der Waals surface area contributed by atoms with Crippen molar-refractivity contribution >= 4 is 34.1 Å². The van der Waals surface area contributed by atoms with Crippen LogP contribution in [-0.4, -0.2) is 14.9 Å². The number of hydrogen-bond acceptors (Lipinski definition) is 2. The Bertz CT molecular complexity index is 1140. The molecule has 1 N–H and O–H groups in total. The highest BCUT2D eigenvalue weighted by Gasteiger charge is 2.29. The maximum Gasteiger partial charge on any atom is 0.123 e. The number of nitrogens with zero attached hydrogens (tertiary/aromatic N) is 2. The molecule has 1 unspecified atom stereocenters. The molecule has 4 rings (SSSR count). The maximum atomic E-state index is 13.2. The first-order chi connectivity index (χ1) is 12.9. The molecule has 0 aliphatic carbocycles. The highest BCUT2D eigenvalue weighted by atomic mass is 35.5. The van der Waals surface area contributed by atoms with Gasteiger partial charge in [0.1, 0.15) is 11.4 Å². The van der Waals surface area contributed by atoms with Crippen LogP contribution in [0.2, 0.25) is 10.0 Å². The van der Waals surface area contributed by atoms with Crippen LogP contribution in [0.15, 0.2) is 66.9 Å². The first-order valence-electron chi connectivity index (χ1n) is 8.29. The number of rotatable bonds is 3. The van der Waals surface area contributed by atoms with Gasteiger partial charge in [0.2, 0.25) is 0 Å². The minimum Gasteiger partial charge on any atom is -0.381 e. The predicted octanol–water partition coefficient (Wildman–Crippen LogP) is 5.73. The van der Waals surface area contributed by atoms with Gasteiger partial charge in [0.05, 0.1) is 27.4 Å². The minimum absolute atomic E-state index is 0.299. The van der Waals surface area contributed by atoms with Crippen LogP contribution in [0.25, 0.3) is 16.6 Å². The van der Waals surface area contributed by atoms with Crippen molar-refractivity contribution in [3.8, 4) is 5.69 Å². The Kier molecular flexibility index (Phi) is 4.42. The van der Waals surface area contributed by atoms with Crippen molar-refractivity contribution in [3.05, 3.63) is 93.8 Å². The highest BCUT2D eigenvalue weighted by Crippen LogP contribution is 2.38. The SMILES string of the molecule is CC(O)(c1ccc2c(cnn2-c2ccc(F)cc2)c1)c1cccc(Cl)c1Cl. The molecule has 0 saturated heterocycles. The van der Waals surface area contributed by atoms with E-state index in [4.69, 9.17) is 23.2 Å². The third kappa shape index (κ3) is 3.10. The molecule has 0 radical (unpaired) electrons. The molecule has 0 fully saturated rings. The van der Waals surface area contributed by atoms with Gasteiger partial charge in [0.25, 0.3) is 0 Å². The zero-order valence-corrected chi connectivity index (χ0v) is 15.8. The van der Waals surface area contributed by atoms with Gasteiger partial charge in [-0.1, -0.05) is 41.4 Å². The quantitative estimate of drug-likeness (QED) is 0.476. The molecular formula is C21H15Cl2FN2O. The van der Waals surface area contributed by atoms with Gasteiger partial charge in [-0.3, -0.25) is 0 Å². The second-order valence-corrected chi connectivity index (χ2v) is 7.27. The molecule has 6 heteroatoms. The average Bonchev–Trinajstić information content (AvgIpc) is 3.07. The lowest BCUT2D eigenvalue weighted by molar-refractivity contribution is 0.102. The number of halogens is 3. The Morgan fingerprint density at radius 1 is 1.04 bits per heavy atom. The van der Waals surface area contributed by atoms with Gasteiger partial charge in [0.15, 0.2) is 0 Å². The van der Waals surface area contributed by atoms with E-state index in [0.29, 0.717) is 21.2 Å². The zero-order valence-electron chi connectivity index (χ0n) is 14.3. The van der Waals surface area contributed by atoms with Crippen molar-refractivity contribution in [2.24, 2.45) is 0 Å². The molecule has 0 spiro atoms. The fourth-order valence-corrected chi connectivity index (χ4v) is 3.64. The Hall–Kier alpha value is -2.40. The molecule has 27 heavy (non-hydrogen) atoms. The molecule has 3 aromatic carbocycles. The lowest BCUT2D eigenvalue weighted by Gasteiger charge is -2.26. The van der Waals surface area contributed by atoms with Crippen molar-refractivity contribution in [2.45, 2.75) is 12.5 Å². The van der Waals surface area contributed by atoms with Crippen LogP contribution >= 0.6 is 23.2 Å². The number of benzene rings is 3. The summed E-state index contributed by atoms with van der Waals surface area (Å²) in [4.78, 5) is 0. The standard InChI is InChI=1S/C21H15Cl2FN2O/c1-21(27,17-3-2-4-18(22)20(17)23)14-5-10-19-13(11-14)12-25-26(19)16-8-6-15(24)7-9-16/h2-12,27H,1H3. The van der Waals surface area contributed by atoms with Crippen LogP contribution < -0.4 is 0 Å². The highest BCUT2D eigenvalue weighted by molar-refractivity contribution is 6.42. The third-order valence-electron chi connectivity index (χ3n) is 4.68. The number of hydrogen-bond donors (Lipinski definition) is 1. The molecule has 0 amide bonds. The summed E-state index contributed by atoms with van der Waals surface area (Å²) < 4.78 is 14.9. The summed E-state index contributed by atoms with van der Waals surface area (Å²) in [5, 5.41) is 17.1. The largest absolute Gasteiger partial charge is 0.381 e. The van der Waals surface area contributed by atoms with Crippen molar-refractivity contribution in [1.82, 2.24) is 9.78 Å². The third-order valence-corrected chi connectivity index (χ3v) is 5.50. The second-order valence-electron chi connectivity index (χ2n) is 6.48. The van der Waals surface area contributed by atoms with Crippen molar-refractivity contribution in [1.29, 1.82) is 0 Å². The van der Waals surface area contributed by atoms with E-state index in [1.807, 2.05) is 18.2 Å². The normalized spacial score (nSPS) is 13.7. The summed E-state index contributed by atoms with van der Waals surface area (Å²) in [7, 11) is 0. The Balaban J connectivity index is 1.80. The van der Waals surface area contributed by atoms with E-state index in [9.17, 15) is 9.50 Å². The fraction of sp³-hybridized carbons (Fsp3) is 0.0952. The lowest BCUT2D eigenvalue weighted by Crippen LogP contribution is -2.23. The van der Waals surface area contributed by atoms with Crippen molar-refractivity contribution in [3.63, 3.8) is 0 Å².